The Morgan fingerprint density at radius 2 is 2.05 bits per heavy atom. The smallest absolute Gasteiger partial charge is 0.323 e. The van der Waals surface area contributed by atoms with Gasteiger partial charge in [-0.3, -0.25) is 9.59 Å². The number of hydrogen-bond donors (Lipinski definition) is 1. The summed E-state index contributed by atoms with van der Waals surface area (Å²) >= 11 is 1.47. The van der Waals surface area contributed by atoms with Crippen molar-refractivity contribution in [1.82, 2.24) is 4.90 Å². The van der Waals surface area contributed by atoms with Crippen LogP contribution in [0.2, 0.25) is 0 Å². The van der Waals surface area contributed by atoms with Crippen LogP contribution in [0.1, 0.15) is 18.4 Å². The van der Waals surface area contributed by atoms with E-state index in [0.29, 0.717) is 5.75 Å². The van der Waals surface area contributed by atoms with Crippen molar-refractivity contribution in [2.75, 3.05) is 12.3 Å². The zero-order chi connectivity index (χ0) is 13.8. The summed E-state index contributed by atoms with van der Waals surface area (Å²) in [4.78, 5) is 25.4. The number of amides is 1. The van der Waals surface area contributed by atoms with Crippen LogP contribution in [0.4, 0.5) is 0 Å². The Kier molecular flexibility index (Phi) is 4.47. The summed E-state index contributed by atoms with van der Waals surface area (Å²) in [5, 5.41) is 8.84. The van der Waals surface area contributed by atoms with Gasteiger partial charge >= 0.3 is 5.97 Å². The molecule has 1 aromatic rings. The van der Waals surface area contributed by atoms with Crippen LogP contribution >= 0.6 is 11.8 Å². The van der Waals surface area contributed by atoms with Crippen molar-refractivity contribution in [3.8, 4) is 0 Å². The van der Waals surface area contributed by atoms with E-state index in [-0.39, 0.29) is 18.5 Å². The van der Waals surface area contributed by atoms with E-state index < -0.39 is 5.97 Å². The monoisotopic (exact) mass is 279 g/mol. The van der Waals surface area contributed by atoms with Gasteiger partial charge in [-0.2, -0.15) is 0 Å². The molecule has 1 saturated carbocycles. The van der Waals surface area contributed by atoms with Crippen LogP contribution in [-0.4, -0.2) is 40.2 Å². The quantitative estimate of drug-likeness (QED) is 0.811. The molecule has 1 aromatic carbocycles. The number of aliphatic carboxylic acids is 1. The number of nitrogens with zero attached hydrogens (tertiary/aromatic N) is 1. The Morgan fingerprint density at radius 3 is 2.63 bits per heavy atom. The highest BCUT2D eigenvalue weighted by molar-refractivity contribution is 8.00. The van der Waals surface area contributed by atoms with Gasteiger partial charge in [0.05, 0.1) is 5.75 Å². The van der Waals surface area contributed by atoms with Gasteiger partial charge in [0.25, 0.3) is 0 Å². The summed E-state index contributed by atoms with van der Waals surface area (Å²) in [5.41, 5.74) is 1.14. The lowest BCUT2D eigenvalue weighted by Crippen LogP contribution is -2.38. The first-order valence-corrected chi connectivity index (χ1v) is 7.26. The second-order valence-corrected chi connectivity index (χ2v) is 5.72. The van der Waals surface area contributed by atoms with Gasteiger partial charge in [-0.15, -0.1) is 11.8 Å². The predicted octanol–water partition coefficient (Wildman–Crippen LogP) is 2.16. The number of carbonyl (C=O) groups is 2. The molecule has 0 radical (unpaired) electrons. The maximum Gasteiger partial charge on any atom is 0.323 e. The van der Waals surface area contributed by atoms with Crippen molar-refractivity contribution in [1.29, 1.82) is 0 Å². The van der Waals surface area contributed by atoms with Gasteiger partial charge in [0.1, 0.15) is 6.54 Å². The highest BCUT2D eigenvalue weighted by Crippen LogP contribution is 2.28. The molecule has 4 nitrogen and oxygen atoms in total. The summed E-state index contributed by atoms with van der Waals surface area (Å²) in [7, 11) is 0. The second-order valence-electron chi connectivity index (χ2n) is 4.70. The molecule has 1 N–H and O–H groups in total. The van der Waals surface area contributed by atoms with Crippen LogP contribution in [0, 0.1) is 6.92 Å². The zero-order valence-electron chi connectivity index (χ0n) is 10.8. The first-order chi connectivity index (χ1) is 9.08. The number of aryl methyl sites for hydroxylation is 1. The third-order valence-corrected chi connectivity index (χ3v) is 4.22. The van der Waals surface area contributed by atoms with Crippen LogP contribution in [0.5, 0.6) is 0 Å². The first kappa shape index (κ1) is 13.9. The molecule has 5 heteroatoms. The minimum absolute atomic E-state index is 0.0850. The number of carbonyl (C=O) groups excluding carboxylic acids is 1. The van der Waals surface area contributed by atoms with E-state index in [1.165, 1.54) is 16.7 Å². The first-order valence-electron chi connectivity index (χ1n) is 6.27. The molecule has 0 aliphatic heterocycles. The molecule has 2 rings (SSSR count). The molecule has 0 unspecified atom stereocenters. The Bertz CT molecular complexity index is 485. The zero-order valence-corrected chi connectivity index (χ0v) is 11.7. The highest BCUT2D eigenvalue weighted by atomic mass is 32.2. The summed E-state index contributed by atoms with van der Waals surface area (Å²) in [6, 6.07) is 8.02. The average Bonchev–Trinajstić information content (AvgIpc) is 3.18. The fraction of sp³-hybridized carbons (Fsp3) is 0.429. The van der Waals surface area contributed by atoms with Crippen molar-refractivity contribution in [3.63, 3.8) is 0 Å². The summed E-state index contributed by atoms with van der Waals surface area (Å²) in [6.45, 7) is 1.82. The maximum absolute atomic E-state index is 12.1. The topological polar surface area (TPSA) is 57.6 Å². The Morgan fingerprint density at radius 1 is 1.37 bits per heavy atom. The normalized spacial score (nSPS) is 14.2. The highest BCUT2D eigenvalue weighted by Gasteiger charge is 2.33. The maximum atomic E-state index is 12.1. The van der Waals surface area contributed by atoms with Crippen molar-refractivity contribution in [2.45, 2.75) is 30.7 Å². The molecule has 0 heterocycles. The molecule has 1 fully saturated rings. The van der Waals surface area contributed by atoms with Gasteiger partial charge in [-0.05, 0) is 31.4 Å². The molecule has 1 amide bonds. The largest absolute Gasteiger partial charge is 0.480 e. The number of carboxylic acid groups (broad SMARTS) is 1. The minimum atomic E-state index is -0.943. The van der Waals surface area contributed by atoms with Gasteiger partial charge < -0.3 is 10.0 Å². The molecular weight excluding hydrogens is 262 g/mol. The number of hydrogen-bond acceptors (Lipinski definition) is 3. The average molecular weight is 279 g/mol. The van der Waals surface area contributed by atoms with Crippen molar-refractivity contribution in [3.05, 3.63) is 29.8 Å². The lowest BCUT2D eigenvalue weighted by molar-refractivity contribution is -0.143. The number of rotatable bonds is 6. The van der Waals surface area contributed by atoms with Crippen LogP contribution in [-0.2, 0) is 9.59 Å². The summed E-state index contributed by atoms with van der Waals surface area (Å²) in [5.74, 6) is -0.728. The second kappa shape index (κ2) is 6.10. The fourth-order valence-corrected chi connectivity index (χ4v) is 2.81. The van der Waals surface area contributed by atoms with Gasteiger partial charge in [-0.25, -0.2) is 0 Å². The Labute approximate surface area is 116 Å². The van der Waals surface area contributed by atoms with E-state index >= 15 is 0 Å². The van der Waals surface area contributed by atoms with Crippen LogP contribution < -0.4 is 0 Å². The number of thioether (sulfide) groups is 1. The Balaban J connectivity index is 1.92. The molecular formula is C14H17NO3S. The minimum Gasteiger partial charge on any atom is -0.480 e. The van der Waals surface area contributed by atoms with Crippen molar-refractivity contribution in [2.24, 2.45) is 0 Å². The van der Waals surface area contributed by atoms with Crippen molar-refractivity contribution >= 4 is 23.6 Å². The SMILES string of the molecule is Cc1ccccc1SCC(=O)N(CC(=O)O)C1CC1. The van der Waals surface area contributed by atoms with Crippen molar-refractivity contribution < 1.29 is 14.7 Å². The molecule has 1 aliphatic carbocycles. The summed E-state index contributed by atoms with van der Waals surface area (Å²) in [6.07, 6.45) is 1.85. The molecule has 0 saturated heterocycles. The summed E-state index contributed by atoms with van der Waals surface area (Å²) < 4.78 is 0. The number of benzene rings is 1. The molecule has 0 aromatic heterocycles. The van der Waals surface area contributed by atoms with E-state index in [9.17, 15) is 9.59 Å². The molecule has 19 heavy (non-hydrogen) atoms. The van der Waals surface area contributed by atoms with E-state index in [1.54, 1.807) is 0 Å². The van der Waals surface area contributed by atoms with Gasteiger partial charge in [-0.1, -0.05) is 18.2 Å². The van der Waals surface area contributed by atoms with Crippen LogP contribution in [0.3, 0.4) is 0 Å². The number of carboxylic acids is 1. The lowest BCUT2D eigenvalue weighted by Gasteiger charge is -2.20. The standard InChI is InChI=1S/C14H17NO3S/c1-10-4-2-3-5-12(10)19-9-13(16)15(8-14(17)18)11-6-7-11/h2-5,11H,6-9H2,1H3,(H,17,18). The third-order valence-electron chi connectivity index (χ3n) is 3.06. The van der Waals surface area contributed by atoms with Gasteiger partial charge in [0, 0.05) is 10.9 Å². The molecule has 0 spiro atoms. The third kappa shape index (κ3) is 3.99. The van der Waals surface area contributed by atoms with E-state index in [2.05, 4.69) is 0 Å². The van der Waals surface area contributed by atoms with Gasteiger partial charge in [0.15, 0.2) is 0 Å². The Hall–Kier alpha value is -1.49. The van der Waals surface area contributed by atoms with Crippen LogP contribution in [0.25, 0.3) is 0 Å². The van der Waals surface area contributed by atoms with E-state index in [0.717, 1.165) is 23.3 Å². The molecule has 0 atom stereocenters. The molecule has 1 aliphatic rings. The van der Waals surface area contributed by atoms with Gasteiger partial charge in [0.2, 0.25) is 5.91 Å². The lowest BCUT2D eigenvalue weighted by atomic mass is 10.2. The van der Waals surface area contributed by atoms with E-state index in [4.69, 9.17) is 5.11 Å². The fourth-order valence-electron chi connectivity index (χ4n) is 1.89. The van der Waals surface area contributed by atoms with Crippen LogP contribution in [0.15, 0.2) is 29.2 Å². The molecule has 0 bridgehead atoms. The van der Waals surface area contributed by atoms with E-state index in [1.807, 2.05) is 31.2 Å². The molecule has 102 valence electrons. The predicted molar refractivity (Wildman–Crippen MR) is 74.3 cm³/mol.